The lowest BCUT2D eigenvalue weighted by Gasteiger charge is -2.48. The van der Waals surface area contributed by atoms with E-state index < -0.39 is 5.97 Å². The van der Waals surface area contributed by atoms with E-state index in [1.165, 1.54) is 6.42 Å². The fraction of sp³-hybridized carbons (Fsp3) is 0.500. The SMILES string of the molecule is O=C(O)c1ccc(CNC(=O)N2CCOC3(CCC3)C2)cc1. The van der Waals surface area contributed by atoms with Gasteiger partial charge in [0.25, 0.3) is 0 Å². The number of morpholine rings is 1. The summed E-state index contributed by atoms with van der Waals surface area (Å²) in [5.41, 5.74) is 1.03. The van der Waals surface area contributed by atoms with Crippen molar-refractivity contribution in [2.24, 2.45) is 0 Å². The number of nitrogens with one attached hydrogen (secondary N) is 1. The van der Waals surface area contributed by atoms with Crippen LogP contribution < -0.4 is 5.32 Å². The van der Waals surface area contributed by atoms with Crippen LogP contribution >= 0.6 is 0 Å². The van der Waals surface area contributed by atoms with Crippen LogP contribution in [0.15, 0.2) is 24.3 Å². The minimum Gasteiger partial charge on any atom is -0.478 e. The molecule has 0 unspecified atom stereocenters. The molecule has 0 radical (unpaired) electrons. The van der Waals surface area contributed by atoms with E-state index in [-0.39, 0.29) is 17.2 Å². The number of ether oxygens (including phenoxy) is 1. The van der Waals surface area contributed by atoms with Crippen LogP contribution in [0, 0.1) is 0 Å². The number of benzene rings is 1. The molecule has 6 heteroatoms. The highest BCUT2D eigenvalue weighted by Crippen LogP contribution is 2.38. The highest BCUT2D eigenvalue weighted by molar-refractivity contribution is 5.87. The molecule has 3 rings (SSSR count). The number of urea groups is 1. The predicted octanol–water partition coefficient (Wildman–Crippen LogP) is 1.85. The molecule has 1 aromatic rings. The molecule has 1 saturated heterocycles. The van der Waals surface area contributed by atoms with Crippen molar-refractivity contribution in [2.75, 3.05) is 19.7 Å². The number of aromatic carboxylic acids is 1. The maximum atomic E-state index is 12.2. The first-order valence-corrected chi connectivity index (χ1v) is 7.57. The van der Waals surface area contributed by atoms with Gasteiger partial charge in [0.1, 0.15) is 0 Å². The van der Waals surface area contributed by atoms with Gasteiger partial charge in [-0.3, -0.25) is 0 Å². The smallest absolute Gasteiger partial charge is 0.335 e. The van der Waals surface area contributed by atoms with Gasteiger partial charge in [-0.05, 0) is 37.0 Å². The molecule has 2 aliphatic rings. The molecular formula is C16H20N2O4. The standard InChI is InChI=1S/C16H20N2O4/c19-14(20)13-4-2-12(3-5-13)10-17-15(21)18-8-9-22-16(11-18)6-1-7-16/h2-5H,1,6-11H2,(H,17,21)(H,19,20). The van der Waals surface area contributed by atoms with Gasteiger partial charge in [0, 0.05) is 13.1 Å². The number of rotatable bonds is 3. The highest BCUT2D eigenvalue weighted by Gasteiger charge is 2.43. The van der Waals surface area contributed by atoms with E-state index in [1.54, 1.807) is 24.3 Å². The summed E-state index contributed by atoms with van der Waals surface area (Å²) in [5, 5.41) is 11.7. The van der Waals surface area contributed by atoms with E-state index >= 15 is 0 Å². The van der Waals surface area contributed by atoms with Crippen LogP contribution in [0.1, 0.15) is 35.2 Å². The van der Waals surface area contributed by atoms with Crippen molar-refractivity contribution in [1.82, 2.24) is 10.2 Å². The molecule has 2 amide bonds. The summed E-state index contributed by atoms with van der Waals surface area (Å²) in [6, 6.07) is 6.44. The van der Waals surface area contributed by atoms with Crippen molar-refractivity contribution in [1.29, 1.82) is 0 Å². The Labute approximate surface area is 129 Å². The van der Waals surface area contributed by atoms with Gasteiger partial charge in [-0.25, -0.2) is 9.59 Å². The molecule has 1 aliphatic carbocycles. The van der Waals surface area contributed by atoms with Crippen LogP contribution in [0.4, 0.5) is 4.79 Å². The predicted molar refractivity (Wildman–Crippen MR) is 79.7 cm³/mol. The van der Waals surface area contributed by atoms with Gasteiger partial charge in [0.15, 0.2) is 0 Å². The number of carboxylic acids is 1. The van der Waals surface area contributed by atoms with Crippen molar-refractivity contribution in [3.8, 4) is 0 Å². The lowest BCUT2D eigenvalue weighted by molar-refractivity contribution is -0.141. The van der Waals surface area contributed by atoms with Crippen LogP contribution in [-0.2, 0) is 11.3 Å². The summed E-state index contributed by atoms with van der Waals surface area (Å²) in [6.07, 6.45) is 3.24. The van der Waals surface area contributed by atoms with E-state index in [1.807, 2.05) is 4.90 Å². The summed E-state index contributed by atoms with van der Waals surface area (Å²) in [7, 11) is 0. The average molecular weight is 304 g/mol. The molecule has 2 fully saturated rings. The fourth-order valence-electron chi connectivity index (χ4n) is 2.95. The van der Waals surface area contributed by atoms with E-state index in [2.05, 4.69) is 5.32 Å². The van der Waals surface area contributed by atoms with E-state index in [4.69, 9.17) is 9.84 Å². The first kappa shape index (κ1) is 14.8. The molecule has 2 N–H and O–H groups in total. The zero-order chi connectivity index (χ0) is 15.6. The quantitative estimate of drug-likeness (QED) is 0.893. The van der Waals surface area contributed by atoms with Gasteiger partial charge in [0.2, 0.25) is 0 Å². The van der Waals surface area contributed by atoms with Crippen molar-refractivity contribution < 1.29 is 19.4 Å². The Morgan fingerprint density at radius 1 is 1.27 bits per heavy atom. The normalized spacial score (nSPS) is 19.5. The van der Waals surface area contributed by atoms with Crippen molar-refractivity contribution in [3.05, 3.63) is 35.4 Å². The Kier molecular flexibility index (Phi) is 4.02. The Bertz CT molecular complexity index is 566. The molecule has 1 aromatic carbocycles. The average Bonchev–Trinajstić information content (AvgIpc) is 2.51. The molecule has 22 heavy (non-hydrogen) atoms. The van der Waals surface area contributed by atoms with Gasteiger partial charge >= 0.3 is 12.0 Å². The zero-order valence-corrected chi connectivity index (χ0v) is 12.4. The minimum absolute atomic E-state index is 0.0862. The second-order valence-corrected chi connectivity index (χ2v) is 5.97. The molecule has 1 spiro atoms. The van der Waals surface area contributed by atoms with Crippen LogP contribution in [0.3, 0.4) is 0 Å². The Morgan fingerprint density at radius 2 is 2.00 bits per heavy atom. The van der Waals surface area contributed by atoms with Crippen LogP contribution in [0.5, 0.6) is 0 Å². The number of carboxylic acid groups (broad SMARTS) is 1. The Balaban J connectivity index is 1.52. The molecule has 0 atom stereocenters. The zero-order valence-electron chi connectivity index (χ0n) is 12.4. The van der Waals surface area contributed by atoms with E-state index in [9.17, 15) is 9.59 Å². The summed E-state index contributed by atoms with van der Waals surface area (Å²) < 4.78 is 5.80. The Morgan fingerprint density at radius 3 is 2.59 bits per heavy atom. The highest BCUT2D eigenvalue weighted by atomic mass is 16.5. The number of hydrogen-bond acceptors (Lipinski definition) is 3. The Hall–Kier alpha value is -2.08. The molecule has 0 bridgehead atoms. The maximum absolute atomic E-state index is 12.2. The monoisotopic (exact) mass is 304 g/mol. The van der Waals surface area contributed by atoms with Gasteiger partial charge in [-0.1, -0.05) is 12.1 Å². The number of amides is 2. The van der Waals surface area contributed by atoms with Crippen molar-refractivity contribution in [3.63, 3.8) is 0 Å². The van der Waals surface area contributed by atoms with E-state index in [0.29, 0.717) is 26.2 Å². The second kappa shape index (κ2) is 5.96. The molecule has 6 nitrogen and oxygen atoms in total. The van der Waals surface area contributed by atoms with Crippen LogP contribution in [-0.4, -0.2) is 47.3 Å². The largest absolute Gasteiger partial charge is 0.478 e. The third kappa shape index (κ3) is 3.06. The summed E-state index contributed by atoms with van der Waals surface area (Å²) in [4.78, 5) is 24.8. The first-order chi connectivity index (χ1) is 10.6. The number of hydrogen-bond donors (Lipinski definition) is 2. The van der Waals surface area contributed by atoms with Gasteiger partial charge in [-0.2, -0.15) is 0 Å². The second-order valence-electron chi connectivity index (χ2n) is 5.97. The number of carbonyl (C=O) groups is 2. The van der Waals surface area contributed by atoms with Gasteiger partial charge in [0.05, 0.1) is 24.3 Å². The van der Waals surface area contributed by atoms with Crippen LogP contribution in [0.25, 0.3) is 0 Å². The maximum Gasteiger partial charge on any atom is 0.335 e. The topological polar surface area (TPSA) is 78.9 Å². The molecule has 1 saturated carbocycles. The molecule has 1 aliphatic heterocycles. The van der Waals surface area contributed by atoms with E-state index in [0.717, 1.165) is 18.4 Å². The third-order valence-electron chi connectivity index (χ3n) is 4.45. The lowest BCUT2D eigenvalue weighted by Crippen LogP contribution is -2.58. The summed E-state index contributed by atoms with van der Waals surface area (Å²) in [6.45, 7) is 2.27. The van der Waals surface area contributed by atoms with Gasteiger partial charge < -0.3 is 20.1 Å². The summed E-state index contributed by atoms with van der Waals surface area (Å²) in [5.74, 6) is -0.949. The summed E-state index contributed by atoms with van der Waals surface area (Å²) >= 11 is 0. The van der Waals surface area contributed by atoms with Gasteiger partial charge in [-0.15, -0.1) is 0 Å². The first-order valence-electron chi connectivity index (χ1n) is 7.57. The van der Waals surface area contributed by atoms with Crippen LogP contribution in [0.2, 0.25) is 0 Å². The lowest BCUT2D eigenvalue weighted by atomic mass is 9.79. The molecule has 1 heterocycles. The van der Waals surface area contributed by atoms with Crippen molar-refractivity contribution >= 4 is 12.0 Å². The molecule has 0 aromatic heterocycles. The minimum atomic E-state index is -0.949. The third-order valence-corrected chi connectivity index (χ3v) is 4.45. The molecule has 118 valence electrons. The fourth-order valence-corrected chi connectivity index (χ4v) is 2.95. The number of nitrogens with zero attached hydrogens (tertiary/aromatic N) is 1. The molecular weight excluding hydrogens is 284 g/mol. The van der Waals surface area contributed by atoms with Crippen molar-refractivity contribution in [2.45, 2.75) is 31.4 Å². The number of carbonyl (C=O) groups excluding carboxylic acids is 1.